The standard InChI is InChI=1S/C23H27IN2O3S/c1-16-10-11-23(30(27,28)29)18(13-16)14-17(2)21-9-5-6-12-26(21)22(15-25)19-7-3-4-8-20(19)24/h3-4,7-8,10-11,13,17,21-22H,5-6,9,12,14H2,1-2H3,(H,27,28,29). The molecule has 2 aromatic carbocycles. The molecule has 5 nitrogen and oxygen atoms in total. The third kappa shape index (κ3) is 5.22. The maximum atomic E-state index is 11.9. The average Bonchev–Trinajstić information content (AvgIpc) is 2.69. The van der Waals surface area contributed by atoms with Gasteiger partial charge in [0.15, 0.2) is 0 Å². The van der Waals surface area contributed by atoms with Gasteiger partial charge < -0.3 is 0 Å². The minimum absolute atomic E-state index is 0.0169. The van der Waals surface area contributed by atoms with Gasteiger partial charge in [0, 0.05) is 16.2 Å². The molecule has 3 unspecified atom stereocenters. The highest BCUT2D eigenvalue weighted by molar-refractivity contribution is 14.1. The number of rotatable bonds is 6. The lowest BCUT2D eigenvalue weighted by molar-refractivity contribution is 0.0811. The van der Waals surface area contributed by atoms with Crippen molar-refractivity contribution in [3.05, 3.63) is 62.7 Å². The van der Waals surface area contributed by atoms with Gasteiger partial charge in [-0.15, -0.1) is 0 Å². The van der Waals surface area contributed by atoms with E-state index in [2.05, 4.69) is 40.5 Å². The first-order chi connectivity index (χ1) is 14.2. The lowest BCUT2D eigenvalue weighted by Crippen LogP contribution is -2.45. The van der Waals surface area contributed by atoms with Crippen LogP contribution in [0.2, 0.25) is 0 Å². The summed E-state index contributed by atoms with van der Waals surface area (Å²) in [6.07, 6.45) is 3.64. The summed E-state index contributed by atoms with van der Waals surface area (Å²) in [6.45, 7) is 4.87. The molecule has 160 valence electrons. The number of halogens is 1. The number of hydrogen-bond donors (Lipinski definition) is 1. The summed E-state index contributed by atoms with van der Waals surface area (Å²) in [6, 6.07) is 15.3. The van der Waals surface area contributed by atoms with Crippen molar-refractivity contribution in [1.82, 2.24) is 4.90 Å². The second-order valence-corrected chi connectivity index (χ2v) is 10.7. The lowest BCUT2D eigenvalue weighted by Gasteiger charge is -2.42. The van der Waals surface area contributed by atoms with Crippen molar-refractivity contribution >= 4 is 32.7 Å². The quantitative estimate of drug-likeness (QED) is 0.407. The highest BCUT2D eigenvalue weighted by Gasteiger charge is 2.34. The van der Waals surface area contributed by atoms with Gasteiger partial charge in [0.25, 0.3) is 10.1 Å². The van der Waals surface area contributed by atoms with Crippen molar-refractivity contribution in [2.45, 2.75) is 56.5 Å². The van der Waals surface area contributed by atoms with Crippen molar-refractivity contribution in [2.24, 2.45) is 5.92 Å². The number of nitrogens with zero attached hydrogens (tertiary/aromatic N) is 2. The van der Waals surface area contributed by atoms with E-state index in [4.69, 9.17) is 0 Å². The zero-order valence-electron chi connectivity index (χ0n) is 17.3. The molecule has 1 N–H and O–H groups in total. The molecule has 3 atom stereocenters. The van der Waals surface area contributed by atoms with E-state index < -0.39 is 10.1 Å². The predicted molar refractivity (Wildman–Crippen MR) is 126 cm³/mol. The van der Waals surface area contributed by atoms with Crippen LogP contribution in [0.15, 0.2) is 47.4 Å². The molecule has 3 rings (SSSR count). The van der Waals surface area contributed by atoms with Gasteiger partial charge in [-0.3, -0.25) is 9.45 Å². The maximum absolute atomic E-state index is 11.9. The number of aryl methyl sites for hydroxylation is 1. The molecule has 2 aromatic rings. The van der Waals surface area contributed by atoms with Gasteiger partial charge in [0.2, 0.25) is 0 Å². The van der Waals surface area contributed by atoms with E-state index in [1.165, 1.54) is 6.07 Å². The van der Waals surface area contributed by atoms with E-state index in [1.54, 1.807) is 6.07 Å². The molecule has 0 aromatic heterocycles. The van der Waals surface area contributed by atoms with Crippen molar-refractivity contribution in [2.75, 3.05) is 6.54 Å². The fourth-order valence-electron chi connectivity index (χ4n) is 4.53. The summed E-state index contributed by atoms with van der Waals surface area (Å²) in [7, 11) is -4.28. The summed E-state index contributed by atoms with van der Waals surface area (Å²) in [5, 5.41) is 10.0. The number of hydrogen-bond acceptors (Lipinski definition) is 4. The van der Waals surface area contributed by atoms with E-state index in [0.29, 0.717) is 12.0 Å². The van der Waals surface area contributed by atoms with E-state index >= 15 is 0 Å². The molecule has 1 fully saturated rings. The van der Waals surface area contributed by atoms with Gasteiger partial charge in [0.1, 0.15) is 6.04 Å². The van der Waals surface area contributed by atoms with Crippen molar-refractivity contribution in [3.63, 3.8) is 0 Å². The molecule has 1 saturated heterocycles. The van der Waals surface area contributed by atoms with Gasteiger partial charge in [-0.05, 0) is 78.0 Å². The van der Waals surface area contributed by atoms with Gasteiger partial charge in [-0.25, -0.2) is 0 Å². The Bertz CT molecular complexity index is 1050. The fourth-order valence-corrected chi connectivity index (χ4v) is 5.93. The first-order valence-corrected chi connectivity index (χ1v) is 12.7. The Morgan fingerprint density at radius 3 is 2.67 bits per heavy atom. The third-order valence-corrected chi connectivity index (χ3v) is 7.88. The Balaban J connectivity index is 1.91. The van der Waals surface area contributed by atoms with E-state index in [0.717, 1.165) is 40.5 Å². The van der Waals surface area contributed by atoms with Gasteiger partial charge >= 0.3 is 0 Å². The van der Waals surface area contributed by atoms with E-state index in [-0.39, 0.29) is 22.9 Å². The van der Waals surface area contributed by atoms with Crippen LogP contribution in [0.5, 0.6) is 0 Å². The Morgan fingerprint density at radius 1 is 1.27 bits per heavy atom. The Morgan fingerprint density at radius 2 is 2.00 bits per heavy atom. The first-order valence-electron chi connectivity index (χ1n) is 10.2. The predicted octanol–water partition coefficient (Wildman–Crippen LogP) is 5.14. The number of nitriles is 1. The molecule has 1 aliphatic rings. The third-order valence-electron chi connectivity index (χ3n) is 5.94. The van der Waals surface area contributed by atoms with Gasteiger partial charge in [-0.2, -0.15) is 13.7 Å². The van der Waals surface area contributed by atoms with E-state index in [1.807, 2.05) is 37.3 Å². The summed E-state index contributed by atoms with van der Waals surface area (Å²) in [5.41, 5.74) is 2.62. The van der Waals surface area contributed by atoms with Crippen LogP contribution in [-0.2, 0) is 16.5 Å². The van der Waals surface area contributed by atoms with Crippen LogP contribution in [0.3, 0.4) is 0 Å². The fraction of sp³-hybridized carbons (Fsp3) is 0.435. The minimum atomic E-state index is -4.28. The zero-order valence-corrected chi connectivity index (χ0v) is 20.2. The van der Waals surface area contributed by atoms with Gasteiger partial charge in [0.05, 0.1) is 11.0 Å². The summed E-state index contributed by atoms with van der Waals surface area (Å²) in [4.78, 5) is 2.27. The molecule has 30 heavy (non-hydrogen) atoms. The average molecular weight is 538 g/mol. The van der Waals surface area contributed by atoms with Crippen LogP contribution in [0.1, 0.15) is 48.9 Å². The van der Waals surface area contributed by atoms with Gasteiger partial charge in [-0.1, -0.05) is 49.2 Å². The van der Waals surface area contributed by atoms with Crippen LogP contribution in [0.25, 0.3) is 0 Å². The topological polar surface area (TPSA) is 81.4 Å². The molecule has 0 aliphatic carbocycles. The van der Waals surface area contributed by atoms with E-state index in [9.17, 15) is 18.2 Å². The molecule has 1 heterocycles. The summed E-state index contributed by atoms with van der Waals surface area (Å²) >= 11 is 2.28. The molecule has 0 saturated carbocycles. The largest absolute Gasteiger partial charge is 0.294 e. The smallest absolute Gasteiger partial charge is 0.282 e. The van der Waals surface area contributed by atoms with Crippen molar-refractivity contribution < 1.29 is 13.0 Å². The Kier molecular flexibility index (Phi) is 7.56. The first kappa shape index (κ1) is 23.2. The molecular weight excluding hydrogens is 511 g/mol. The van der Waals surface area contributed by atoms with Crippen molar-refractivity contribution in [1.29, 1.82) is 5.26 Å². The Labute approximate surface area is 193 Å². The lowest BCUT2D eigenvalue weighted by atomic mass is 9.85. The highest BCUT2D eigenvalue weighted by atomic mass is 127. The number of piperidine rings is 1. The SMILES string of the molecule is Cc1ccc(S(=O)(=O)O)c(CC(C)C2CCCCN2C(C#N)c2ccccc2I)c1. The van der Waals surface area contributed by atoms with Crippen LogP contribution < -0.4 is 0 Å². The molecule has 7 heteroatoms. The van der Waals surface area contributed by atoms with Crippen LogP contribution >= 0.6 is 22.6 Å². The maximum Gasteiger partial charge on any atom is 0.294 e. The zero-order chi connectivity index (χ0) is 21.9. The Hall–Kier alpha value is -1.47. The summed E-state index contributed by atoms with van der Waals surface area (Å²) < 4.78 is 34.5. The highest BCUT2D eigenvalue weighted by Crippen LogP contribution is 2.35. The number of benzene rings is 2. The molecule has 0 radical (unpaired) electrons. The number of likely N-dealkylation sites (tertiary alicyclic amines) is 1. The van der Waals surface area contributed by atoms with Crippen LogP contribution in [0, 0.1) is 27.7 Å². The molecule has 1 aliphatic heterocycles. The summed E-state index contributed by atoms with van der Waals surface area (Å²) in [5.74, 6) is 0.129. The second kappa shape index (κ2) is 9.77. The van der Waals surface area contributed by atoms with Crippen molar-refractivity contribution in [3.8, 4) is 6.07 Å². The second-order valence-electron chi connectivity index (χ2n) is 8.12. The van der Waals surface area contributed by atoms with Crippen LogP contribution in [-0.4, -0.2) is 30.5 Å². The molecule has 0 spiro atoms. The normalized spacial score (nSPS) is 19.8. The minimum Gasteiger partial charge on any atom is -0.282 e. The molecule has 0 bridgehead atoms. The molecule has 0 amide bonds. The van der Waals surface area contributed by atoms with Crippen LogP contribution in [0.4, 0.5) is 0 Å². The monoisotopic (exact) mass is 538 g/mol. The molecular formula is C23H27IN2O3S.